The maximum Gasteiger partial charge on any atom is 0.279 e. The van der Waals surface area contributed by atoms with Crippen molar-refractivity contribution in [1.29, 1.82) is 0 Å². The van der Waals surface area contributed by atoms with Crippen LogP contribution in [0, 0.1) is 0 Å². The van der Waals surface area contributed by atoms with Gasteiger partial charge in [0.2, 0.25) is 11.8 Å². The van der Waals surface area contributed by atoms with Crippen LogP contribution in [-0.4, -0.2) is 30.4 Å². The number of hydrogen-bond donors (Lipinski definition) is 3. The molecule has 0 radical (unpaired) electrons. The number of hydrazine groups is 1. The van der Waals surface area contributed by atoms with E-state index in [2.05, 4.69) is 16.2 Å². The SMILES string of the molecule is CCOc1ccc(NC(=O)CCC(=O)NNC(=O)C(C)Oc2ccc(-c3ccccc3)cc2)cc1. The third kappa shape index (κ3) is 8.19. The number of benzene rings is 3. The van der Waals surface area contributed by atoms with E-state index in [0.29, 0.717) is 23.8 Å². The van der Waals surface area contributed by atoms with E-state index in [4.69, 9.17) is 9.47 Å². The molecule has 3 amide bonds. The quantitative estimate of drug-likeness (QED) is 0.383. The van der Waals surface area contributed by atoms with Crippen molar-refractivity contribution in [3.05, 3.63) is 78.9 Å². The first-order valence-electron chi connectivity index (χ1n) is 11.4. The zero-order valence-corrected chi connectivity index (χ0v) is 19.7. The standard InChI is InChI=1S/C27H29N3O5/c1-3-34-23-15-11-22(12-16-23)28-25(31)17-18-26(32)29-30-27(33)19(2)35-24-13-9-21(10-14-24)20-7-5-4-6-8-20/h4-16,19H,3,17-18H2,1-2H3,(H,28,31)(H,29,32)(H,30,33). The van der Waals surface area contributed by atoms with Gasteiger partial charge in [0, 0.05) is 18.5 Å². The van der Waals surface area contributed by atoms with Crippen molar-refractivity contribution in [3.63, 3.8) is 0 Å². The highest BCUT2D eigenvalue weighted by molar-refractivity contribution is 5.93. The molecule has 0 bridgehead atoms. The van der Waals surface area contributed by atoms with Crippen molar-refractivity contribution in [2.24, 2.45) is 0 Å². The smallest absolute Gasteiger partial charge is 0.279 e. The Morgan fingerprint density at radius 3 is 2.00 bits per heavy atom. The number of ether oxygens (including phenoxy) is 2. The minimum Gasteiger partial charge on any atom is -0.494 e. The molecule has 0 aliphatic heterocycles. The van der Waals surface area contributed by atoms with Gasteiger partial charge in [-0.05, 0) is 61.4 Å². The number of amides is 3. The van der Waals surface area contributed by atoms with Gasteiger partial charge in [-0.25, -0.2) is 0 Å². The number of rotatable bonds is 10. The first-order chi connectivity index (χ1) is 16.9. The van der Waals surface area contributed by atoms with Crippen LogP contribution < -0.4 is 25.6 Å². The second kappa shape index (κ2) is 12.8. The van der Waals surface area contributed by atoms with Crippen LogP contribution >= 0.6 is 0 Å². The predicted octanol–water partition coefficient (Wildman–Crippen LogP) is 4.09. The number of carbonyl (C=O) groups is 3. The molecule has 3 N–H and O–H groups in total. The van der Waals surface area contributed by atoms with Crippen LogP contribution in [0.1, 0.15) is 26.7 Å². The molecular weight excluding hydrogens is 446 g/mol. The van der Waals surface area contributed by atoms with E-state index in [1.54, 1.807) is 43.3 Å². The average Bonchev–Trinajstić information content (AvgIpc) is 2.88. The lowest BCUT2D eigenvalue weighted by Crippen LogP contribution is -2.47. The molecule has 0 aromatic heterocycles. The normalized spacial score (nSPS) is 11.1. The van der Waals surface area contributed by atoms with Gasteiger partial charge >= 0.3 is 0 Å². The number of nitrogens with one attached hydrogen (secondary N) is 3. The van der Waals surface area contributed by atoms with Gasteiger partial charge in [0.15, 0.2) is 6.10 Å². The van der Waals surface area contributed by atoms with Gasteiger partial charge in [-0.3, -0.25) is 25.2 Å². The Labute approximate surface area is 204 Å². The fourth-order valence-electron chi connectivity index (χ4n) is 3.16. The van der Waals surface area contributed by atoms with Crippen molar-refractivity contribution in [1.82, 2.24) is 10.9 Å². The summed E-state index contributed by atoms with van der Waals surface area (Å²) >= 11 is 0. The fraction of sp³-hybridized carbons (Fsp3) is 0.222. The fourth-order valence-corrected chi connectivity index (χ4v) is 3.16. The topological polar surface area (TPSA) is 106 Å². The van der Waals surface area contributed by atoms with E-state index in [-0.39, 0.29) is 18.7 Å². The van der Waals surface area contributed by atoms with E-state index < -0.39 is 17.9 Å². The van der Waals surface area contributed by atoms with Gasteiger partial charge in [0.05, 0.1) is 6.61 Å². The van der Waals surface area contributed by atoms with Gasteiger partial charge < -0.3 is 14.8 Å². The number of carbonyl (C=O) groups excluding carboxylic acids is 3. The van der Waals surface area contributed by atoms with E-state index in [1.165, 1.54) is 0 Å². The molecule has 0 spiro atoms. The Morgan fingerprint density at radius 1 is 0.743 bits per heavy atom. The Balaban J connectivity index is 1.36. The summed E-state index contributed by atoms with van der Waals surface area (Å²) in [5.41, 5.74) is 7.35. The molecule has 1 unspecified atom stereocenters. The predicted molar refractivity (Wildman–Crippen MR) is 134 cm³/mol. The third-order valence-corrected chi connectivity index (χ3v) is 5.00. The molecule has 0 saturated heterocycles. The molecule has 8 heteroatoms. The summed E-state index contributed by atoms with van der Waals surface area (Å²) in [5.74, 6) is -0.0668. The minimum atomic E-state index is -0.833. The maximum atomic E-state index is 12.3. The molecule has 8 nitrogen and oxygen atoms in total. The average molecular weight is 476 g/mol. The second-order valence-corrected chi connectivity index (χ2v) is 7.69. The molecule has 0 saturated carbocycles. The molecule has 0 aliphatic carbocycles. The molecule has 0 aliphatic rings. The Kier molecular flexibility index (Phi) is 9.24. The van der Waals surface area contributed by atoms with E-state index in [9.17, 15) is 14.4 Å². The van der Waals surface area contributed by atoms with Crippen molar-refractivity contribution < 1.29 is 23.9 Å². The van der Waals surface area contributed by atoms with Crippen molar-refractivity contribution >= 4 is 23.4 Å². The first kappa shape index (κ1) is 25.3. The van der Waals surface area contributed by atoms with Gasteiger partial charge in [-0.15, -0.1) is 0 Å². The van der Waals surface area contributed by atoms with Crippen LogP contribution in [0.5, 0.6) is 11.5 Å². The first-order valence-corrected chi connectivity index (χ1v) is 11.4. The lowest BCUT2D eigenvalue weighted by Gasteiger charge is -2.15. The summed E-state index contributed by atoms with van der Waals surface area (Å²) in [6.45, 7) is 4.03. The van der Waals surface area contributed by atoms with Crippen LogP contribution in [0.25, 0.3) is 11.1 Å². The van der Waals surface area contributed by atoms with E-state index in [1.807, 2.05) is 49.4 Å². The van der Waals surface area contributed by atoms with Crippen LogP contribution in [0.15, 0.2) is 78.9 Å². The van der Waals surface area contributed by atoms with Gasteiger partial charge in [0.25, 0.3) is 5.91 Å². The van der Waals surface area contributed by atoms with Crippen molar-refractivity contribution in [3.8, 4) is 22.6 Å². The Bertz CT molecular complexity index is 1120. The molecule has 0 heterocycles. The summed E-state index contributed by atoms with van der Waals surface area (Å²) in [5, 5.41) is 2.71. The summed E-state index contributed by atoms with van der Waals surface area (Å²) < 4.78 is 11.0. The van der Waals surface area contributed by atoms with Crippen LogP contribution in [0.2, 0.25) is 0 Å². The monoisotopic (exact) mass is 475 g/mol. The third-order valence-electron chi connectivity index (χ3n) is 5.00. The summed E-state index contributed by atoms with van der Waals surface area (Å²) in [6, 6.07) is 24.3. The summed E-state index contributed by atoms with van der Waals surface area (Å²) in [7, 11) is 0. The molecule has 3 aromatic carbocycles. The highest BCUT2D eigenvalue weighted by Crippen LogP contribution is 2.22. The molecule has 0 fully saturated rings. The van der Waals surface area contributed by atoms with Crippen LogP contribution in [-0.2, 0) is 14.4 Å². The van der Waals surface area contributed by atoms with Gasteiger partial charge in [-0.2, -0.15) is 0 Å². The molecule has 1 atom stereocenters. The minimum absolute atomic E-state index is 0.0330. The van der Waals surface area contributed by atoms with Gasteiger partial charge in [-0.1, -0.05) is 42.5 Å². The Hall–Kier alpha value is -4.33. The zero-order valence-electron chi connectivity index (χ0n) is 19.7. The lowest BCUT2D eigenvalue weighted by molar-refractivity contribution is -0.133. The van der Waals surface area contributed by atoms with Crippen LogP contribution in [0.3, 0.4) is 0 Å². The maximum absolute atomic E-state index is 12.3. The highest BCUT2D eigenvalue weighted by atomic mass is 16.5. The number of hydrogen-bond acceptors (Lipinski definition) is 5. The number of anilines is 1. The lowest BCUT2D eigenvalue weighted by atomic mass is 10.1. The molecule has 3 rings (SSSR count). The molecule has 35 heavy (non-hydrogen) atoms. The molecular formula is C27H29N3O5. The molecule has 182 valence electrons. The highest BCUT2D eigenvalue weighted by Gasteiger charge is 2.16. The van der Waals surface area contributed by atoms with Crippen molar-refractivity contribution in [2.75, 3.05) is 11.9 Å². The summed E-state index contributed by atoms with van der Waals surface area (Å²) in [6.07, 6.45) is -0.950. The zero-order chi connectivity index (χ0) is 25.0. The van der Waals surface area contributed by atoms with E-state index >= 15 is 0 Å². The second-order valence-electron chi connectivity index (χ2n) is 7.69. The van der Waals surface area contributed by atoms with Crippen molar-refractivity contribution in [2.45, 2.75) is 32.8 Å². The van der Waals surface area contributed by atoms with E-state index in [0.717, 1.165) is 11.1 Å². The van der Waals surface area contributed by atoms with Gasteiger partial charge in [0.1, 0.15) is 11.5 Å². The largest absolute Gasteiger partial charge is 0.494 e. The summed E-state index contributed by atoms with van der Waals surface area (Å²) in [4.78, 5) is 36.3. The van der Waals surface area contributed by atoms with Crippen LogP contribution in [0.4, 0.5) is 5.69 Å². The Morgan fingerprint density at radius 2 is 1.34 bits per heavy atom. The molecule has 3 aromatic rings.